The van der Waals surface area contributed by atoms with Crippen molar-refractivity contribution in [1.82, 2.24) is 0 Å². The maximum atomic E-state index is 10.9. The second kappa shape index (κ2) is 4.22. The van der Waals surface area contributed by atoms with Gasteiger partial charge in [-0.2, -0.15) is 0 Å². The summed E-state index contributed by atoms with van der Waals surface area (Å²) in [5.74, 6) is 3.59. The lowest BCUT2D eigenvalue weighted by atomic mass is 9.50. The number of carbonyl (C=O) groups is 1. The number of aliphatic carboxylic acids is 1. The van der Waals surface area contributed by atoms with Crippen molar-refractivity contribution in [1.29, 1.82) is 0 Å². The van der Waals surface area contributed by atoms with Gasteiger partial charge in [0.15, 0.2) is 0 Å². The molecule has 102 valence electrons. The van der Waals surface area contributed by atoms with Crippen molar-refractivity contribution in [2.45, 2.75) is 57.4 Å². The number of rotatable bonds is 4. The summed E-state index contributed by atoms with van der Waals surface area (Å²) in [7, 11) is 0. The van der Waals surface area contributed by atoms with Gasteiger partial charge in [-0.1, -0.05) is 0 Å². The van der Waals surface area contributed by atoms with Crippen LogP contribution in [-0.2, 0) is 4.79 Å². The molecule has 3 heteroatoms. The Morgan fingerprint density at radius 1 is 1.17 bits per heavy atom. The van der Waals surface area contributed by atoms with Crippen LogP contribution < -0.4 is 5.73 Å². The standard InChI is InChI=1S/C15H25NO2/c1-15(16,8-14(17)18)7-13-11-3-9-2-10(5-11)6-12(13)4-9/h9-13H,2-8,16H2,1H3,(H,17,18). The van der Waals surface area contributed by atoms with Crippen molar-refractivity contribution >= 4 is 5.97 Å². The topological polar surface area (TPSA) is 63.3 Å². The Morgan fingerprint density at radius 3 is 2.11 bits per heavy atom. The predicted octanol–water partition coefficient (Wildman–Crippen LogP) is 2.64. The summed E-state index contributed by atoms with van der Waals surface area (Å²) in [6, 6.07) is 0. The van der Waals surface area contributed by atoms with E-state index in [1.165, 1.54) is 32.1 Å². The lowest BCUT2D eigenvalue weighted by molar-refractivity contribution is -0.138. The fourth-order valence-corrected chi connectivity index (χ4v) is 5.33. The van der Waals surface area contributed by atoms with Crippen LogP contribution in [0.25, 0.3) is 0 Å². The molecule has 3 N–H and O–H groups in total. The minimum atomic E-state index is -0.760. The Balaban J connectivity index is 1.68. The molecular formula is C15H25NO2. The Kier molecular flexibility index (Phi) is 2.92. The molecule has 1 atom stereocenters. The van der Waals surface area contributed by atoms with Crippen LogP contribution in [0.2, 0.25) is 0 Å². The first-order valence-corrected chi connectivity index (χ1v) is 7.43. The van der Waals surface area contributed by atoms with Crippen molar-refractivity contribution < 1.29 is 9.90 Å². The molecule has 0 spiro atoms. The van der Waals surface area contributed by atoms with Gasteiger partial charge in [0, 0.05) is 5.54 Å². The van der Waals surface area contributed by atoms with Crippen molar-refractivity contribution in [3.8, 4) is 0 Å². The van der Waals surface area contributed by atoms with E-state index in [1.807, 2.05) is 6.92 Å². The maximum absolute atomic E-state index is 10.9. The lowest BCUT2D eigenvalue weighted by Gasteiger charge is -2.55. The summed E-state index contributed by atoms with van der Waals surface area (Å²) in [5, 5.41) is 8.95. The molecule has 0 amide bonds. The third-order valence-corrected chi connectivity index (χ3v) is 5.68. The summed E-state index contributed by atoms with van der Waals surface area (Å²) >= 11 is 0. The second-order valence-electron chi connectivity index (χ2n) is 7.52. The molecule has 4 rings (SSSR count). The first-order valence-electron chi connectivity index (χ1n) is 7.43. The van der Waals surface area contributed by atoms with Gasteiger partial charge >= 0.3 is 5.97 Å². The molecule has 0 aromatic rings. The normalized spacial score (nSPS) is 44.9. The molecule has 0 aliphatic heterocycles. The minimum Gasteiger partial charge on any atom is -0.481 e. The number of hydrogen-bond donors (Lipinski definition) is 2. The van der Waals surface area contributed by atoms with E-state index < -0.39 is 11.5 Å². The molecule has 4 bridgehead atoms. The van der Waals surface area contributed by atoms with Gasteiger partial charge in [0.2, 0.25) is 0 Å². The highest BCUT2D eigenvalue weighted by molar-refractivity contribution is 5.68. The van der Waals surface area contributed by atoms with E-state index in [1.54, 1.807) is 0 Å². The minimum absolute atomic E-state index is 0.107. The molecule has 0 aromatic carbocycles. The van der Waals surface area contributed by atoms with E-state index in [0.717, 1.165) is 30.1 Å². The van der Waals surface area contributed by atoms with Gasteiger partial charge < -0.3 is 10.8 Å². The SMILES string of the molecule is CC(N)(CC(=O)O)CC1C2CC3CC(C2)CC1C3. The van der Waals surface area contributed by atoms with Crippen LogP contribution in [0.4, 0.5) is 0 Å². The van der Waals surface area contributed by atoms with Crippen LogP contribution in [0.3, 0.4) is 0 Å². The molecule has 0 heterocycles. The van der Waals surface area contributed by atoms with Crippen molar-refractivity contribution in [3.05, 3.63) is 0 Å². The molecule has 4 aliphatic rings. The van der Waals surface area contributed by atoms with E-state index in [2.05, 4.69) is 0 Å². The van der Waals surface area contributed by atoms with Gasteiger partial charge in [-0.15, -0.1) is 0 Å². The zero-order valence-electron chi connectivity index (χ0n) is 11.3. The van der Waals surface area contributed by atoms with Crippen LogP contribution in [0.5, 0.6) is 0 Å². The van der Waals surface area contributed by atoms with E-state index in [4.69, 9.17) is 10.8 Å². The number of carboxylic acid groups (broad SMARTS) is 1. The Hall–Kier alpha value is -0.570. The molecule has 4 saturated carbocycles. The molecule has 3 nitrogen and oxygen atoms in total. The molecule has 18 heavy (non-hydrogen) atoms. The van der Waals surface area contributed by atoms with Crippen LogP contribution in [0.1, 0.15) is 51.9 Å². The maximum Gasteiger partial charge on any atom is 0.305 e. The smallest absolute Gasteiger partial charge is 0.305 e. The zero-order chi connectivity index (χ0) is 12.9. The predicted molar refractivity (Wildman–Crippen MR) is 70.0 cm³/mol. The quantitative estimate of drug-likeness (QED) is 0.807. The monoisotopic (exact) mass is 251 g/mol. The molecule has 4 aliphatic carbocycles. The largest absolute Gasteiger partial charge is 0.481 e. The fourth-order valence-electron chi connectivity index (χ4n) is 5.33. The van der Waals surface area contributed by atoms with Gasteiger partial charge in [0.25, 0.3) is 0 Å². The number of nitrogens with two attached hydrogens (primary N) is 1. The highest BCUT2D eigenvalue weighted by Gasteiger charge is 2.49. The van der Waals surface area contributed by atoms with Crippen LogP contribution in [0.15, 0.2) is 0 Å². The van der Waals surface area contributed by atoms with E-state index in [0.29, 0.717) is 5.92 Å². The molecule has 0 aromatic heterocycles. The Bertz CT molecular complexity index is 322. The summed E-state index contributed by atoms with van der Waals surface area (Å²) in [4.78, 5) is 10.9. The average molecular weight is 251 g/mol. The Morgan fingerprint density at radius 2 is 1.67 bits per heavy atom. The third-order valence-electron chi connectivity index (χ3n) is 5.68. The Labute approximate surface area is 109 Å². The molecule has 0 radical (unpaired) electrons. The van der Waals surface area contributed by atoms with Crippen molar-refractivity contribution in [3.63, 3.8) is 0 Å². The molecule has 1 unspecified atom stereocenters. The summed E-state index contributed by atoms with van der Waals surface area (Å²) in [6.07, 6.45) is 8.04. The highest BCUT2D eigenvalue weighted by atomic mass is 16.4. The van der Waals surface area contributed by atoms with E-state index in [-0.39, 0.29) is 6.42 Å². The van der Waals surface area contributed by atoms with Gasteiger partial charge in [0.05, 0.1) is 6.42 Å². The fraction of sp³-hybridized carbons (Fsp3) is 0.933. The first-order chi connectivity index (χ1) is 8.43. The average Bonchev–Trinajstić information content (AvgIpc) is 2.20. The zero-order valence-corrected chi connectivity index (χ0v) is 11.3. The molecule has 0 saturated heterocycles. The van der Waals surface area contributed by atoms with Crippen LogP contribution >= 0.6 is 0 Å². The van der Waals surface area contributed by atoms with Gasteiger partial charge in [-0.25, -0.2) is 0 Å². The van der Waals surface area contributed by atoms with Crippen molar-refractivity contribution in [2.24, 2.45) is 35.3 Å². The van der Waals surface area contributed by atoms with Crippen LogP contribution in [-0.4, -0.2) is 16.6 Å². The van der Waals surface area contributed by atoms with Gasteiger partial charge in [0.1, 0.15) is 0 Å². The number of carboxylic acids is 1. The van der Waals surface area contributed by atoms with E-state index >= 15 is 0 Å². The van der Waals surface area contributed by atoms with Crippen LogP contribution in [0, 0.1) is 29.6 Å². The third kappa shape index (κ3) is 2.29. The highest BCUT2D eigenvalue weighted by Crippen LogP contribution is 2.58. The summed E-state index contributed by atoms with van der Waals surface area (Å²) in [5.41, 5.74) is 5.69. The lowest BCUT2D eigenvalue weighted by Crippen LogP contribution is -2.50. The second-order valence-corrected chi connectivity index (χ2v) is 7.52. The molecule has 4 fully saturated rings. The first kappa shape index (κ1) is 12.5. The molecular weight excluding hydrogens is 226 g/mol. The summed E-state index contributed by atoms with van der Waals surface area (Å²) in [6.45, 7) is 1.92. The van der Waals surface area contributed by atoms with E-state index in [9.17, 15) is 4.79 Å². The van der Waals surface area contributed by atoms with Gasteiger partial charge in [-0.05, 0) is 75.0 Å². The summed E-state index contributed by atoms with van der Waals surface area (Å²) < 4.78 is 0. The van der Waals surface area contributed by atoms with Crippen molar-refractivity contribution in [2.75, 3.05) is 0 Å². The van der Waals surface area contributed by atoms with Gasteiger partial charge in [-0.3, -0.25) is 4.79 Å². The number of hydrogen-bond acceptors (Lipinski definition) is 2.